The predicted molar refractivity (Wildman–Crippen MR) is 131 cm³/mol. The van der Waals surface area contributed by atoms with Crippen LogP contribution in [-0.4, -0.2) is 50.2 Å². The van der Waals surface area contributed by atoms with E-state index in [1.165, 1.54) is 37.6 Å². The van der Waals surface area contributed by atoms with Crippen LogP contribution in [0.25, 0.3) is 0 Å². The molecule has 0 aliphatic heterocycles. The number of amides is 1. The Bertz CT molecular complexity index is 1250. The quantitative estimate of drug-likeness (QED) is 0.327. The summed E-state index contributed by atoms with van der Waals surface area (Å²) in [5, 5.41) is 14.3. The SMILES string of the molecule is COc1cccc(/C=N\NC(=O)CN(CCc2ccccc2)S(=O)(=O)c2ccc(Cl)cc2)c1O. The third-order valence-corrected chi connectivity index (χ3v) is 7.02. The topological polar surface area (TPSA) is 108 Å². The summed E-state index contributed by atoms with van der Waals surface area (Å²) in [4.78, 5) is 12.6. The fourth-order valence-corrected chi connectivity index (χ4v) is 4.64. The van der Waals surface area contributed by atoms with Gasteiger partial charge in [0.15, 0.2) is 11.5 Å². The molecular weight excluding hydrogens is 478 g/mol. The molecule has 0 spiro atoms. The minimum Gasteiger partial charge on any atom is -0.504 e. The molecule has 0 radical (unpaired) electrons. The number of phenolic OH excluding ortho intramolecular Hbond substituents is 1. The number of sulfonamides is 1. The zero-order valence-corrected chi connectivity index (χ0v) is 20.0. The Morgan fingerprint density at radius 1 is 1.09 bits per heavy atom. The zero-order chi connectivity index (χ0) is 24.6. The first-order valence-electron chi connectivity index (χ1n) is 10.3. The number of phenols is 1. The highest BCUT2D eigenvalue weighted by molar-refractivity contribution is 7.89. The molecule has 0 unspecified atom stereocenters. The highest BCUT2D eigenvalue weighted by Crippen LogP contribution is 2.28. The van der Waals surface area contributed by atoms with Crippen LogP contribution in [0.3, 0.4) is 0 Å². The maximum absolute atomic E-state index is 13.2. The van der Waals surface area contributed by atoms with Crippen molar-refractivity contribution in [1.29, 1.82) is 0 Å². The molecule has 0 aromatic heterocycles. The van der Waals surface area contributed by atoms with Crippen LogP contribution >= 0.6 is 11.6 Å². The fourth-order valence-electron chi connectivity index (χ4n) is 3.12. The number of benzene rings is 3. The van der Waals surface area contributed by atoms with Gasteiger partial charge in [-0.15, -0.1) is 0 Å². The number of para-hydroxylation sites is 1. The molecule has 0 fully saturated rings. The van der Waals surface area contributed by atoms with Crippen molar-refractivity contribution in [2.24, 2.45) is 5.10 Å². The minimum absolute atomic E-state index is 0.0302. The van der Waals surface area contributed by atoms with Crippen LogP contribution in [0.1, 0.15) is 11.1 Å². The highest BCUT2D eigenvalue weighted by atomic mass is 35.5. The molecule has 0 saturated carbocycles. The van der Waals surface area contributed by atoms with E-state index in [0.717, 1.165) is 9.87 Å². The zero-order valence-electron chi connectivity index (χ0n) is 18.4. The first-order valence-corrected chi connectivity index (χ1v) is 12.1. The number of nitrogens with zero attached hydrogens (tertiary/aromatic N) is 2. The molecule has 178 valence electrons. The Kier molecular flexibility index (Phi) is 8.64. The number of hydrazone groups is 1. The van der Waals surface area contributed by atoms with Crippen molar-refractivity contribution in [3.8, 4) is 11.5 Å². The van der Waals surface area contributed by atoms with Crippen LogP contribution in [0.5, 0.6) is 11.5 Å². The van der Waals surface area contributed by atoms with Gasteiger partial charge in [-0.05, 0) is 48.4 Å². The van der Waals surface area contributed by atoms with Gasteiger partial charge in [0, 0.05) is 17.1 Å². The molecule has 0 aliphatic rings. The minimum atomic E-state index is -3.97. The average molecular weight is 502 g/mol. The molecule has 3 aromatic rings. The lowest BCUT2D eigenvalue weighted by atomic mass is 10.1. The van der Waals surface area contributed by atoms with Gasteiger partial charge in [-0.3, -0.25) is 4.79 Å². The summed E-state index contributed by atoms with van der Waals surface area (Å²) in [5.74, 6) is -0.501. The molecule has 1 amide bonds. The van der Waals surface area contributed by atoms with Crippen molar-refractivity contribution >= 4 is 33.7 Å². The second-order valence-corrected chi connectivity index (χ2v) is 9.59. The molecule has 0 atom stereocenters. The molecule has 0 aliphatic carbocycles. The second-order valence-electron chi connectivity index (χ2n) is 7.22. The van der Waals surface area contributed by atoms with Gasteiger partial charge in [-0.1, -0.05) is 48.0 Å². The van der Waals surface area contributed by atoms with E-state index in [0.29, 0.717) is 17.0 Å². The number of ether oxygens (including phenoxy) is 1. The monoisotopic (exact) mass is 501 g/mol. The Morgan fingerprint density at radius 2 is 1.79 bits per heavy atom. The number of carbonyl (C=O) groups is 1. The molecule has 34 heavy (non-hydrogen) atoms. The average Bonchev–Trinajstić information content (AvgIpc) is 2.83. The van der Waals surface area contributed by atoms with Crippen LogP contribution in [0.15, 0.2) is 82.8 Å². The lowest BCUT2D eigenvalue weighted by molar-refractivity contribution is -0.121. The van der Waals surface area contributed by atoms with Gasteiger partial charge < -0.3 is 9.84 Å². The van der Waals surface area contributed by atoms with Gasteiger partial charge in [-0.2, -0.15) is 9.41 Å². The van der Waals surface area contributed by atoms with Crippen LogP contribution < -0.4 is 10.2 Å². The third-order valence-electron chi connectivity index (χ3n) is 4.91. The summed E-state index contributed by atoms with van der Waals surface area (Å²) < 4.78 is 32.6. The van der Waals surface area contributed by atoms with E-state index in [2.05, 4.69) is 10.5 Å². The molecule has 8 nitrogen and oxygen atoms in total. The first-order chi connectivity index (χ1) is 16.3. The van der Waals surface area contributed by atoms with Gasteiger partial charge in [-0.25, -0.2) is 13.8 Å². The van der Waals surface area contributed by atoms with Crippen LogP contribution in [0.4, 0.5) is 0 Å². The molecule has 0 saturated heterocycles. The number of hydrogen-bond acceptors (Lipinski definition) is 6. The van der Waals surface area contributed by atoms with Crippen LogP contribution in [0, 0.1) is 0 Å². The molecule has 0 bridgehead atoms. The summed E-state index contributed by atoms with van der Waals surface area (Å²) in [6.45, 7) is -0.359. The van der Waals surface area contributed by atoms with Crippen molar-refractivity contribution in [3.05, 3.63) is 88.9 Å². The van der Waals surface area contributed by atoms with E-state index in [1.54, 1.807) is 18.2 Å². The van der Waals surface area contributed by atoms with Gasteiger partial charge >= 0.3 is 0 Å². The summed E-state index contributed by atoms with van der Waals surface area (Å²) in [5.41, 5.74) is 3.57. The van der Waals surface area contributed by atoms with Crippen molar-refractivity contribution in [2.45, 2.75) is 11.3 Å². The maximum atomic E-state index is 13.2. The molecule has 3 rings (SSSR count). The van der Waals surface area contributed by atoms with Gasteiger partial charge in [0.25, 0.3) is 5.91 Å². The summed E-state index contributed by atoms with van der Waals surface area (Å²) in [7, 11) is -2.55. The Balaban J connectivity index is 1.75. The Labute approximate surface area is 203 Å². The number of hydrogen-bond donors (Lipinski definition) is 2. The number of halogens is 1. The smallest absolute Gasteiger partial charge is 0.255 e. The predicted octanol–water partition coefficient (Wildman–Crippen LogP) is 3.44. The molecule has 2 N–H and O–H groups in total. The van der Waals surface area contributed by atoms with Crippen molar-refractivity contribution in [3.63, 3.8) is 0 Å². The number of rotatable bonds is 10. The van der Waals surface area contributed by atoms with Gasteiger partial charge in [0.05, 0.1) is 24.8 Å². The largest absolute Gasteiger partial charge is 0.504 e. The normalized spacial score (nSPS) is 11.6. The Morgan fingerprint density at radius 3 is 2.47 bits per heavy atom. The van der Waals surface area contributed by atoms with Gasteiger partial charge in [0.1, 0.15) is 0 Å². The van der Waals surface area contributed by atoms with E-state index >= 15 is 0 Å². The first kappa shape index (κ1) is 25.2. The number of carbonyl (C=O) groups excluding carboxylic acids is 1. The lowest BCUT2D eigenvalue weighted by Crippen LogP contribution is -2.40. The number of methoxy groups -OCH3 is 1. The molecule has 3 aromatic carbocycles. The third kappa shape index (κ3) is 6.57. The standard InChI is InChI=1S/C24H24ClN3O5S/c1-33-22-9-5-8-19(24(22)30)16-26-27-23(29)17-28(15-14-18-6-3-2-4-7-18)34(31,32)21-12-10-20(25)11-13-21/h2-13,16,30H,14-15,17H2,1H3,(H,27,29)/b26-16-. The van der Waals surface area contributed by atoms with E-state index in [-0.39, 0.29) is 22.9 Å². The van der Waals surface area contributed by atoms with Crippen LogP contribution in [0.2, 0.25) is 5.02 Å². The lowest BCUT2D eigenvalue weighted by Gasteiger charge is -2.21. The molecule has 10 heteroatoms. The summed E-state index contributed by atoms with van der Waals surface area (Å²) >= 11 is 5.89. The number of nitrogens with one attached hydrogen (secondary N) is 1. The summed E-state index contributed by atoms with van der Waals surface area (Å²) in [6.07, 6.45) is 1.67. The van der Waals surface area contributed by atoms with Crippen molar-refractivity contribution in [2.75, 3.05) is 20.2 Å². The maximum Gasteiger partial charge on any atom is 0.255 e. The van der Waals surface area contributed by atoms with E-state index in [9.17, 15) is 18.3 Å². The van der Waals surface area contributed by atoms with E-state index < -0.39 is 22.5 Å². The summed E-state index contributed by atoms with van der Waals surface area (Å²) in [6, 6.07) is 20.0. The second kappa shape index (κ2) is 11.6. The van der Waals surface area contributed by atoms with Gasteiger partial charge in [0.2, 0.25) is 10.0 Å². The van der Waals surface area contributed by atoms with E-state index in [1.807, 2.05) is 30.3 Å². The Hall–Kier alpha value is -3.40. The van der Waals surface area contributed by atoms with Crippen molar-refractivity contribution in [1.82, 2.24) is 9.73 Å². The highest BCUT2D eigenvalue weighted by Gasteiger charge is 2.26. The van der Waals surface area contributed by atoms with Crippen LogP contribution in [-0.2, 0) is 21.2 Å². The van der Waals surface area contributed by atoms with E-state index in [4.69, 9.17) is 16.3 Å². The molecule has 0 heterocycles. The fraction of sp³-hybridized carbons (Fsp3) is 0.167. The van der Waals surface area contributed by atoms with Crippen molar-refractivity contribution < 1.29 is 23.1 Å². The number of aromatic hydroxyl groups is 1. The molecular formula is C24H24ClN3O5S.